The molecule has 0 spiro atoms. The van der Waals surface area contributed by atoms with Gasteiger partial charge in [-0.15, -0.1) is 0 Å². The van der Waals surface area contributed by atoms with Crippen LogP contribution in [-0.2, 0) is 13.5 Å². The molecule has 2 aromatic heterocycles. The average Bonchev–Trinajstić information content (AvgIpc) is 2.78. The van der Waals surface area contributed by atoms with Gasteiger partial charge in [-0.1, -0.05) is 6.92 Å². The minimum absolute atomic E-state index is 0.825. The zero-order valence-electron chi connectivity index (χ0n) is 8.77. The lowest BCUT2D eigenvalue weighted by Crippen LogP contribution is -1.90. The fourth-order valence-electron chi connectivity index (χ4n) is 1.24. The Bertz CT molecular complexity index is 433. The zero-order chi connectivity index (χ0) is 10.7. The molecule has 0 bridgehead atoms. The minimum atomic E-state index is 0.825. The quantitative estimate of drug-likeness (QED) is 0.861. The molecule has 6 heteroatoms. The Morgan fingerprint density at radius 3 is 3.07 bits per heavy atom. The number of aromatic nitrogens is 4. The first-order valence-corrected chi connectivity index (χ1v) is 5.63. The van der Waals surface area contributed by atoms with Crippen molar-refractivity contribution in [2.75, 3.05) is 5.32 Å². The van der Waals surface area contributed by atoms with Gasteiger partial charge in [0.2, 0.25) is 5.13 Å². The summed E-state index contributed by atoms with van der Waals surface area (Å²) in [6, 6.07) is 0. The van der Waals surface area contributed by atoms with Crippen molar-refractivity contribution in [1.29, 1.82) is 0 Å². The Kier molecular flexibility index (Phi) is 2.96. The van der Waals surface area contributed by atoms with Crippen molar-refractivity contribution in [3.8, 4) is 0 Å². The van der Waals surface area contributed by atoms with Crippen molar-refractivity contribution in [2.45, 2.75) is 19.8 Å². The number of anilines is 2. The standard InChI is InChI=1S/C9H13N5S/c1-3-4-8-12-9(15-13-8)11-7-5-10-14(2)6-7/h5-6H,3-4H2,1-2H3,(H,11,12,13). The van der Waals surface area contributed by atoms with Crippen molar-refractivity contribution in [1.82, 2.24) is 19.1 Å². The SMILES string of the molecule is CCCc1nsc(Nc2cnn(C)c2)n1. The first-order valence-electron chi connectivity index (χ1n) is 4.86. The van der Waals surface area contributed by atoms with Crippen LogP contribution in [0.25, 0.3) is 0 Å². The predicted molar refractivity (Wildman–Crippen MR) is 60.4 cm³/mol. The summed E-state index contributed by atoms with van der Waals surface area (Å²) in [6.07, 6.45) is 5.68. The number of rotatable bonds is 4. The predicted octanol–water partition coefficient (Wildman–Crippen LogP) is 1.97. The van der Waals surface area contributed by atoms with Crippen LogP contribution in [0.1, 0.15) is 19.2 Å². The molecule has 2 rings (SSSR count). The second kappa shape index (κ2) is 4.39. The summed E-state index contributed by atoms with van der Waals surface area (Å²) < 4.78 is 6.00. The van der Waals surface area contributed by atoms with Gasteiger partial charge in [0.1, 0.15) is 5.82 Å². The summed E-state index contributed by atoms with van der Waals surface area (Å²) >= 11 is 1.38. The van der Waals surface area contributed by atoms with Crippen LogP contribution >= 0.6 is 11.5 Å². The van der Waals surface area contributed by atoms with Crippen LogP contribution in [-0.4, -0.2) is 19.1 Å². The Morgan fingerprint density at radius 2 is 2.40 bits per heavy atom. The lowest BCUT2D eigenvalue weighted by molar-refractivity contribution is 0.768. The maximum Gasteiger partial charge on any atom is 0.207 e. The van der Waals surface area contributed by atoms with Crippen LogP contribution in [0.15, 0.2) is 12.4 Å². The molecular formula is C9H13N5S. The Balaban J connectivity index is 2.04. The van der Waals surface area contributed by atoms with E-state index in [0.29, 0.717) is 0 Å². The molecule has 0 atom stereocenters. The van der Waals surface area contributed by atoms with E-state index >= 15 is 0 Å². The van der Waals surface area contributed by atoms with Crippen LogP contribution < -0.4 is 5.32 Å². The van der Waals surface area contributed by atoms with E-state index in [2.05, 4.69) is 26.7 Å². The number of nitrogens with zero attached hydrogens (tertiary/aromatic N) is 4. The van der Waals surface area contributed by atoms with Crippen LogP contribution in [0.2, 0.25) is 0 Å². The highest BCUT2D eigenvalue weighted by atomic mass is 32.1. The summed E-state index contributed by atoms with van der Waals surface area (Å²) in [6.45, 7) is 2.12. The van der Waals surface area contributed by atoms with Gasteiger partial charge in [0, 0.05) is 31.2 Å². The fraction of sp³-hybridized carbons (Fsp3) is 0.444. The number of hydrogen-bond acceptors (Lipinski definition) is 5. The number of nitrogens with one attached hydrogen (secondary N) is 1. The third-order valence-corrected chi connectivity index (χ3v) is 2.57. The van der Waals surface area contributed by atoms with Gasteiger partial charge in [-0.3, -0.25) is 4.68 Å². The molecule has 0 amide bonds. The summed E-state index contributed by atoms with van der Waals surface area (Å²) in [7, 11) is 1.88. The van der Waals surface area contributed by atoms with E-state index in [4.69, 9.17) is 0 Å². The lowest BCUT2D eigenvalue weighted by atomic mass is 10.3. The number of aryl methyl sites for hydroxylation is 2. The van der Waals surface area contributed by atoms with Crippen LogP contribution in [0.4, 0.5) is 10.8 Å². The summed E-state index contributed by atoms with van der Waals surface area (Å²) in [5, 5.41) is 8.06. The molecule has 1 N–H and O–H groups in total. The molecule has 0 aromatic carbocycles. The van der Waals surface area contributed by atoms with Crippen LogP contribution in [0, 0.1) is 0 Å². The second-order valence-corrected chi connectivity index (χ2v) is 4.05. The molecule has 0 radical (unpaired) electrons. The van der Waals surface area contributed by atoms with E-state index in [0.717, 1.165) is 29.5 Å². The average molecular weight is 223 g/mol. The van der Waals surface area contributed by atoms with E-state index in [1.807, 2.05) is 13.2 Å². The maximum absolute atomic E-state index is 4.36. The van der Waals surface area contributed by atoms with Crippen molar-refractivity contribution in [3.63, 3.8) is 0 Å². The topological polar surface area (TPSA) is 55.6 Å². The molecule has 0 aliphatic carbocycles. The molecule has 15 heavy (non-hydrogen) atoms. The molecule has 2 heterocycles. The van der Waals surface area contributed by atoms with Crippen molar-refractivity contribution >= 4 is 22.4 Å². The van der Waals surface area contributed by atoms with Crippen LogP contribution in [0.5, 0.6) is 0 Å². The van der Waals surface area contributed by atoms with Crippen molar-refractivity contribution in [2.24, 2.45) is 7.05 Å². The van der Waals surface area contributed by atoms with E-state index in [1.165, 1.54) is 11.5 Å². The smallest absolute Gasteiger partial charge is 0.207 e. The molecule has 0 saturated heterocycles. The van der Waals surface area contributed by atoms with Gasteiger partial charge in [0.05, 0.1) is 11.9 Å². The van der Waals surface area contributed by atoms with E-state index in [1.54, 1.807) is 10.9 Å². The lowest BCUT2D eigenvalue weighted by Gasteiger charge is -1.94. The highest BCUT2D eigenvalue weighted by Gasteiger charge is 2.03. The first-order chi connectivity index (χ1) is 7.28. The highest BCUT2D eigenvalue weighted by molar-refractivity contribution is 7.09. The third-order valence-electron chi connectivity index (χ3n) is 1.90. The van der Waals surface area contributed by atoms with E-state index < -0.39 is 0 Å². The molecular weight excluding hydrogens is 210 g/mol. The largest absolute Gasteiger partial charge is 0.328 e. The molecule has 0 unspecified atom stereocenters. The van der Waals surface area contributed by atoms with Gasteiger partial charge in [-0.05, 0) is 6.42 Å². The molecule has 80 valence electrons. The fourth-order valence-corrected chi connectivity index (χ4v) is 1.87. The van der Waals surface area contributed by atoms with E-state index in [9.17, 15) is 0 Å². The molecule has 5 nitrogen and oxygen atoms in total. The third kappa shape index (κ3) is 2.53. The monoisotopic (exact) mass is 223 g/mol. The second-order valence-electron chi connectivity index (χ2n) is 3.29. The zero-order valence-corrected chi connectivity index (χ0v) is 9.58. The number of hydrogen-bond donors (Lipinski definition) is 1. The van der Waals surface area contributed by atoms with Crippen molar-refractivity contribution < 1.29 is 0 Å². The van der Waals surface area contributed by atoms with E-state index in [-0.39, 0.29) is 0 Å². The normalized spacial score (nSPS) is 10.5. The van der Waals surface area contributed by atoms with Crippen molar-refractivity contribution in [3.05, 3.63) is 18.2 Å². The summed E-state index contributed by atoms with van der Waals surface area (Å²) in [4.78, 5) is 4.36. The van der Waals surface area contributed by atoms with Gasteiger partial charge in [0.25, 0.3) is 0 Å². The molecule has 0 aliphatic heterocycles. The molecule has 0 fully saturated rings. The summed E-state index contributed by atoms with van der Waals surface area (Å²) in [5.74, 6) is 0.911. The Hall–Kier alpha value is -1.43. The van der Waals surface area contributed by atoms with Gasteiger partial charge in [0.15, 0.2) is 0 Å². The summed E-state index contributed by atoms with van der Waals surface area (Å²) in [5.41, 5.74) is 0.941. The molecule has 0 saturated carbocycles. The maximum atomic E-state index is 4.36. The Labute approximate surface area is 92.3 Å². The van der Waals surface area contributed by atoms with Gasteiger partial charge in [-0.2, -0.15) is 9.47 Å². The van der Waals surface area contributed by atoms with Gasteiger partial charge < -0.3 is 5.32 Å². The Morgan fingerprint density at radius 1 is 1.53 bits per heavy atom. The van der Waals surface area contributed by atoms with Gasteiger partial charge >= 0.3 is 0 Å². The van der Waals surface area contributed by atoms with Crippen LogP contribution in [0.3, 0.4) is 0 Å². The van der Waals surface area contributed by atoms with Gasteiger partial charge in [-0.25, -0.2) is 4.98 Å². The highest BCUT2D eigenvalue weighted by Crippen LogP contribution is 2.17. The molecule has 0 aliphatic rings. The minimum Gasteiger partial charge on any atom is -0.328 e. The first kappa shape index (κ1) is 10.1. The molecule has 2 aromatic rings.